The van der Waals surface area contributed by atoms with Gasteiger partial charge in [-0.15, -0.1) is 11.3 Å². The van der Waals surface area contributed by atoms with Gasteiger partial charge in [0.05, 0.1) is 4.88 Å². The van der Waals surface area contributed by atoms with Gasteiger partial charge in [0.25, 0.3) is 0 Å². The Labute approximate surface area is 77.1 Å². The van der Waals surface area contributed by atoms with Gasteiger partial charge in [-0.1, -0.05) is 31.8 Å². The maximum Gasteiger partial charge on any atom is 0.117 e. The third-order valence-corrected chi connectivity index (χ3v) is 2.28. The van der Waals surface area contributed by atoms with Crippen molar-refractivity contribution < 1.29 is 5.11 Å². The van der Waals surface area contributed by atoms with Crippen LogP contribution in [0.3, 0.4) is 0 Å². The Morgan fingerprint density at radius 3 is 2.75 bits per heavy atom. The molecule has 1 N–H and O–H groups in total. The number of thiophene rings is 1. The van der Waals surface area contributed by atoms with E-state index in [1.165, 1.54) is 0 Å². The molecule has 0 spiro atoms. The van der Waals surface area contributed by atoms with Gasteiger partial charge in [0.15, 0.2) is 0 Å². The van der Waals surface area contributed by atoms with Gasteiger partial charge in [0.1, 0.15) is 6.10 Å². The lowest BCUT2D eigenvalue weighted by Gasteiger charge is -2.04. The SMILES string of the molecule is CC(C)C(O)C#Cc1cccs1. The minimum absolute atomic E-state index is 0.206. The highest BCUT2D eigenvalue weighted by atomic mass is 32.1. The van der Waals surface area contributed by atoms with E-state index in [4.69, 9.17) is 0 Å². The summed E-state index contributed by atoms with van der Waals surface area (Å²) in [5.74, 6) is 5.93. The van der Waals surface area contributed by atoms with Crippen LogP contribution in [0.5, 0.6) is 0 Å². The van der Waals surface area contributed by atoms with Crippen molar-refractivity contribution >= 4 is 11.3 Å². The lowest BCUT2D eigenvalue weighted by atomic mass is 10.1. The van der Waals surface area contributed by atoms with Gasteiger partial charge in [0.2, 0.25) is 0 Å². The summed E-state index contributed by atoms with van der Waals surface area (Å²) in [6, 6.07) is 3.90. The van der Waals surface area contributed by atoms with Crippen molar-refractivity contribution in [3.8, 4) is 11.8 Å². The lowest BCUT2D eigenvalue weighted by Crippen LogP contribution is -2.11. The molecule has 0 aliphatic heterocycles. The first-order valence-corrected chi connectivity index (χ1v) is 4.81. The van der Waals surface area contributed by atoms with Crippen molar-refractivity contribution in [2.45, 2.75) is 20.0 Å². The number of aliphatic hydroxyl groups excluding tert-OH is 1. The van der Waals surface area contributed by atoms with Gasteiger partial charge in [-0.05, 0) is 17.4 Å². The van der Waals surface area contributed by atoms with Crippen molar-refractivity contribution in [3.05, 3.63) is 22.4 Å². The molecule has 1 unspecified atom stereocenters. The molecule has 0 saturated heterocycles. The van der Waals surface area contributed by atoms with E-state index in [9.17, 15) is 5.11 Å². The van der Waals surface area contributed by atoms with Crippen molar-refractivity contribution in [1.29, 1.82) is 0 Å². The van der Waals surface area contributed by atoms with Crippen LogP contribution in [0.2, 0.25) is 0 Å². The quantitative estimate of drug-likeness (QED) is 0.656. The van der Waals surface area contributed by atoms with E-state index in [2.05, 4.69) is 11.8 Å². The molecule has 0 saturated carbocycles. The number of rotatable bonds is 1. The molecule has 0 bridgehead atoms. The van der Waals surface area contributed by atoms with Crippen molar-refractivity contribution in [2.24, 2.45) is 5.92 Å². The van der Waals surface area contributed by atoms with Gasteiger partial charge in [0, 0.05) is 0 Å². The predicted molar refractivity (Wildman–Crippen MR) is 52.0 cm³/mol. The molecule has 1 rings (SSSR count). The van der Waals surface area contributed by atoms with Crippen LogP contribution in [0.25, 0.3) is 0 Å². The molecule has 1 atom stereocenters. The molecule has 0 aliphatic rings. The van der Waals surface area contributed by atoms with Crippen LogP contribution in [0.4, 0.5) is 0 Å². The number of aliphatic hydroxyl groups is 1. The monoisotopic (exact) mass is 180 g/mol. The molecule has 1 aromatic heterocycles. The van der Waals surface area contributed by atoms with E-state index < -0.39 is 6.10 Å². The second-order valence-electron chi connectivity index (χ2n) is 2.94. The summed E-state index contributed by atoms with van der Waals surface area (Å²) < 4.78 is 0. The Bertz CT molecular complexity index is 277. The van der Waals surface area contributed by atoms with E-state index in [1.54, 1.807) is 11.3 Å². The predicted octanol–water partition coefficient (Wildman–Crippen LogP) is 2.12. The maximum absolute atomic E-state index is 9.36. The van der Waals surface area contributed by atoms with E-state index in [-0.39, 0.29) is 5.92 Å². The zero-order valence-corrected chi connectivity index (χ0v) is 8.06. The molecular weight excluding hydrogens is 168 g/mol. The van der Waals surface area contributed by atoms with Crippen molar-refractivity contribution in [3.63, 3.8) is 0 Å². The highest BCUT2D eigenvalue weighted by Gasteiger charge is 2.03. The second-order valence-corrected chi connectivity index (χ2v) is 3.88. The van der Waals surface area contributed by atoms with E-state index in [1.807, 2.05) is 31.4 Å². The highest BCUT2D eigenvalue weighted by Crippen LogP contribution is 2.06. The van der Waals surface area contributed by atoms with Gasteiger partial charge >= 0.3 is 0 Å². The number of hydrogen-bond donors (Lipinski definition) is 1. The molecule has 1 nitrogen and oxygen atoms in total. The molecule has 0 fully saturated rings. The Kier molecular flexibility index (Phi) is 3.33. The summed E-state index contributed by atoms with van der Waals surface area (Å²) in [5, 5.41) is 11.3. The second kappa shape index (κ2) is 4.30. The van der Waals surface area contributed by atoms with Gasteiger partial charge in [-0.2, -0.15) is 0 Å². The summed E-state index contributed by atoms with van der Waals surface area (Å²) in [5.41, 5.74) is 0. The minimum Gasteiger partial charge on any atom is -0.380 e. The fourth-order valence-electron chi connectivity index (χ4n) is 0.661. The summed E-state index contributed by atoms with van der Waals surface area (Å²) in [7, 11) is 0. The minimum atomic E-state index is -0.507. The summed E-state index contributed by atoms with van der Waals surface area (Å²) in [4.78, 5) is 1.01. The van der Waals surface area contributed by atoms with E-state index in [0.717, 1.165) is 4.88 Å². The largest absolute Gasteiger partial charge is 0.380 e. The average molecular weight is 180 g/mol. The van der Waals surface area contributed by atoms with Crippen molar-refractivity contribution in [1.82, 2.24) is 0 Å². The van der Waals surface area contributed by atoms with Gasteiger partial charge < -0.3 is 5.11 Å². The Hall–Kier alpha value is -0.780. The fourth-order valence-corrected chi connectivity index (χ4v) is 1.24. The van der Waals surface area contributed by atoms with Crippen LogP contribution < -0.4 is 0 Å². The molecule has 0 aromatic carbocycles. The molecule has 1 heterocycles. The maximum atomic E-state index is 9.36. The fraction of sp³-hybridized carbons (Fsp3) is 0.400. The van der Waals surface area contributed by atoms with Crippen LogP contribution in [0.15, 0.2) is 17.5 Å². The van der Waals surface area contributed by atoms with Crippen LogP contribution in [0, 0.1) is 17.8 Å². The molecule has 1 aromatic rings. The smallest absolute Gasteiger partial charge is 0.117 e. The molecule has 12 heavy (non-hydrogen) atoms. The normalized spacial score (nSPS) is 12.3. The topological polar surface area (TPSA) is 20.2 Å². The third-order valence-electron chi connectivity index (χ3n) is 1.50. The number of hydrogen-bond acceptors (Lipinski definition) is 2. The first kappa shape index (κ1) is 9.31. The van der Waals surface area contributed by atoms with E-state index >= 15 is 0 Å². The Morgan fingerprint density at radius 1 is 1.50 bits per heavy atom. The molecular formula is C10H12OS. The van der Waals surface area contributed by atoms with Crippen LogP contribution in [0.1, 0.15) is 18.7 Å². The summed E-state index contributed by atoms with van der Waals surface area (Å²) in [6.45, 7) is 3.90. The van der Waals surface area contributed by atoms with Gasteiger partial charge in [-0.3, -0.25) is 0 Å². The molecule has 0 amide bonds. The first-order chi connectivity index (χ1) is 5.70. The molecule has 2 heteroatoms. The van der Waals surface area contributed by atoms with Crippen LogP contribution in [-0.4, -0.2) is 11.2 Å². The Morgan fingerprint density at radius 2 is 2.25 bits per heavy atom. The lowest BCUT2D eigenvalue weighted by molar-refractivity contribution is 0.181. The molecule has 0 aliphatic carbocycles. The summed E-state index contributed by atoms with van der Waals surface area (Å²) in [6.07, 6.45) is -0.507. The van der Waals surface area contributed by atoms with Crippen LogP contribution >= 0.6 is 11.3 Å². The van der Waals surface area contributed by atoms with Crippen LogP contribution in [-0.2, 0) is 0 Å². The average Bonchev–Trinajstić information content (AvgIpc) is 2.51. The zero-order chi connectivity index (χ0) is 8.97. The van der Waals surface area contributed by atoms with Gasteiger partial charge in [-0.25, -0.2) is 0 Å². The zero-order valence-electron chi connectivity index (χ0n) is 7.24. The Balaban J connectivity index is 2.60. The third kappa shape index (κ3) is 2.69. The van der Waals surface area contributed by atoms with E-state index in [0.29, 0.717) is 0 Å². The molecule has 0 radical (unpaired) electrons. The van der Waals surface area contributed by atoms with Crippen molar-refractivity contribution in [2.75, 3.05) is 0 Å². The highest BCUT2D eigenvalue weighted by molar-refractivity contribution is 7.10. The first-order valence-electron chi connectivity index (χ1n) is 3.93. The standard InChI is InChI=1S/C10H12OS/c1-8(2)10(11)6-5-9-4-3-7-12-9/h3-4,7-8,10-11H,1-2H3. The molecule has 64 valence electrons. The summed E-state index contributed by atoms with van der Waals surface area (Å²) >= 11 is 1.59.